The van der Waals surface area contributed by atoms with Gasteiger partial charge in [0.1, 0.15) is 18.2 Å². The Morgan fingerprint density at radius 1 is 1.19 bits per heavy atom. The first-order valence-corrected chi connectivity index (χ1v) is 9.42. The Morgan fingerprint density at radius 2 is 1.85 bits per heavy atom. The van der Waals surface area contributed by atoms with Crippen LogP contribution < -0.4 is 10.1 Å². The van der Waals surface area contributed by atoms with Crippen LogP contribution in [0.15, 0.2) is 47.4 Å². The van der Waals surface area contributed by atoms with Crippen molar-refractivity contribution in [3.05, 3.63) is 58.9 Å². The third-order valence-corrected chi connectivity index (χ3v) is 5.57. The molecule has 0 saturated heterocycles. The second kappa shape index (κ2) is 8.48. The molecule has 0 fully saturated rings. The molecule has 0 saturated carbocycles. The fourth-order valence-electron chi connectivity index (χ4n) is 2.01. The number of carbonyl (C=O) groups is 1. The lowest BCUT2D eigenvalue weighted by Gasteiger charge is -2.13. The molecule has 0 aromatic heterocycles. The Bertz CT molecular complexity index is 886. The maximum atomic E-state index is 12.8. The summed E-state index contributed by atoms with van der Waals surface area (Å²) in [4.78, 5) is 12.2. The highest BCUT2D eigenvalue weighted by Gasteiger charge is 2.20. The Labute approximate surface area is 156 Å². The van der Waals surface area contributed by atoms with Gasteiger partial charge >= 0.3 is 0 Å². The zero-order valence-electron chi connectivity index (χ0n) is 14.2. The number of halogens is 2. The van der Waals surface area contributed by atoms with Gasteiger partial charge in [0.25, 0.3) is 5.91 Å². The van der Waals surface area contributed by atoms with Crippen LogP contribution in [-0.2, 0) is 10.0 Å². The molecule has 1 N–H and O–H groups in total. The average molecular weight is 401 g/mol. The molecule has 0 unspecified atom stereocenters. The van der Waals surface area contributed by atoms with Gasteiger partial charge in [0.05, 0.1) is 22.0 Å². The van der Waals surface area contributed by atoms with Crippen LogP contribution in [0.5, 0.6) is 5.75 Å². The Balaban J connectivity index is 1.99. The van der Waals surface area contributed by atoms with Crippen LogP contribution in [0, 0.1) is 5.82 Å². The number of carbonyl (C=O) groups excluding carboxylic acids is 1. The molecule has 0 atom stereocenters. The van der Waals surface area contributed by atoms with E-state index in [0.29, 0.717) is 5.75 Å². The van der Waals surface area contributed by atoms with Crippen molar-refractivity contribution in [2.75, 3.05) is 27.2 Å². The zero-order chi connectivity index (χ0) is 19.3. The van der Waals surface area contributed by atoms with E-state index in [9.17, 15) is 17.6 Å². The van der Waals surface area contributed by atoms with Crippen molar-refractivity contribution >= 4 is 27.5 Å². The van der Waals surface area contributed by atoms with Crippen molar-refractivity contribution < 1.29 is 22.3 Å². The lowest BCUT2D eigenvalue weighted by atomic mass is 10.2. The Morgan fingerprint density at radius 3 is 2.46 bits per heavy atom. The van der Waals surface area contributed by atoms with E-state index in [4.69, 9.17) is 16.3 Å². The third-order valence-electron chi connectivity index (χ3n) is 3.43. The monoisotopic (exact) mass is 400 g/mol. The topological polar surface area (TPSA) is 75.7 Å². The molecule has 0 bridgehead atoms. The number of ether oxygens (including phenoxy) is 1. The van der Waals surface area contributed by atoms with Crippen molar-refractivity contribution in [2.24, 2.45) is 0 Å². The molecule has 9 heteroatoms. The molecule has 0 aliphatic heterocycles. The largest absolute Gasteiger partial charge is 0.492 e. The average Bonchev–Trinajstić information content (AvgIpc) is 2.60. The smallest absolute Gasteiger partial charge is 0.252 e. The normalized spacial score (nSPS) is 11.4. The second-order valence-corrected chi connectivity index (χ2v) is 8.05. The number of benzene rings is 2. The zero-order valence-corrected chi connectivity index (χ0v) is 15.8. The Kier molecular flexibility index (Phi) is 6.57. The third kappa shape index (κ3) is 4.94. The predicted molar refractivity (Wildman–Crippen MR) is 96.6 cm³/mol. The van der Waals surface area contributed by atoms with E-state index in [1.54, 1.807) is 0 Å². The molecule has 0 heterocycles. The van der Waals surface area contributed by atoms with Crippen LogP contribution in [0.3, 0.4) is 0 Å². The second-order valence-electron chi connectivity index (χ2n) is 5.49. The summed E-state index contributed by atoms with van der Waals surface area (Å²) in [5.74, 6) is -0.417. The van der Waals surface area contributed by atoms with Gasteiger partial charge in [0, 0.05) is 14.1 Å². The summed E-state index contributed by atoms with van der Waals surface area (Å²) in [6.45, 7) is 0.321. The van der Waals surface area contributed by atoms with E-state index in [-0.39, 0.29) is 34.5 Å². The molecule has 2 rings (SSSR count). The summed E-state index contributed by atoms with van der Waals surface area (Å²) in [5, 5.41) is 2.74. The standard InChI is InChI=1S/C17H18ClFN2O4S/c1-21(2)26(23,24)14-7-8-16(18)15(11-14)17(22)20-9-10-25-13-5-3-12(19)4-6-13/h3-8,11H,9-10H2,1-2H3,(H,20,22). The summed E-state index contributed by atoms with van der Waals surface area (Å²) in [6.07, 6.45) is 0. The van der Waals surface area contributed by atoms with E-state index in [1.807, 2.05) is 0 Å². The van der Waals surface area contributed by atoms with Gasteiger partial charge in [-0.1, -0.05) is 11.6 Å². The van der Waals surface area contributed by atoms with Gasteiger partial charge in [-0.3, -0.25) is 4.79 Å². The van der Waals surface area contributed by atoms with Crippen molar-refractivity contribution in [2.45, 2.75) is 4.90 Å². The molecule has 0 aliphatic rings. The molecule has 1 amide bonds. The van der Waals surface area contributed by atoms with Crippen LogP contribution in [0.4, 0.5) is 4.39 Å². The fraction of sp³-hybridized carbons (Fsp3) is 0.235. The van der Waals surface area contributed by atoms with Crippen LogP contribution in [0.2, 0.25) is 5.02 Å². The van der Waals surface area contributed by atoms with E-state index in [2.05, 4.69) is 5.32 Å². The lowest BCUT2D eigenvalue weighted by molar-refractivity contribution is 0.0947. The van der Waals surface area contributed by atoms with Gasteiger partial charge in [-0.25, -0.2) is 17.1 Å². The van der Waals surface area contributed by atoms with E-state index < -0.39 is 15.9 Å². The first kappa shape index (κ1) is 20.2. The van der Waals surface area contributed by atoms with Crippen molar-refractivity contribution in [3.63, 3.8) is 0 Å². The summed E-state index contributed by atoms with van der Waals surface area (Å²) in [5.41, 5.74) is 0.0522. The van der Waals surface area contributed by atoms with Crippen LogP contribution in [0.25, 0.3) is 0 Å². The molecule has 26 heavy (non-hydrogen) atoms. The van der Waals surface area contributed by atoms with Crippen LogP contribution in [0.1, 0.15) is 10.4 Å². The number of nitrogens with zero attached hydrogens (tertiary/aromatic N) is 1. The summed E-state index contributed by atoms with van der Waals surface area (Å²) in [7, 11) is -0.876. The molecule has 6 nitrogen and oxygen atoms in total. The highest BCUT2D eigenvalue weighted by Crippen LogP contribution is 2.22. The Hall–Kier alpha value is -2.16. The van der Waals surface area contributed by atoms with E-state index in [0.717, 1.165) is 4.31 Å². The maximum Gasteiger partial charge on any atom is 0.252 e. The predicted octanol–water partition coefficient (Wildman–Crippen LogP) is 2.54. The number of hydrogen-bond acceptors (Lipinski definition) is 4. The highest BCUT2D eigenvalue weighted by molar-refractivity contribution is 7.89. The molecular formula is C17H18ClFN2O4S. The summed E-state index contributed by atoms with van der Waals surface area (Å²) < 4.78 is 43.5. The van der Waals surface area contributed by atoms with Gasteiger partial charge in [0.2, 0.25) is 10.0 Å². The van der Waals surface area contributed by atoms with Gasteiger partial charge in [0.15, 0.2) is 0 Å². The number of hydrogen-bond donors (Lipinski definition) is 1. The molecule has 0 aliphatic carbocycles. The van der Waals surface area contributed by atoms with Crippen LogP contribution >= 0.6 is 11.6 Å². The van der Waals surface area contributed by atoms with E-state index >= 15 is 0 Å². The minimum Gasteiger partial charge on any atom is -0.492 e. The van der Waals surface area contributed by atoms with E-state index in [1.165, 1.54) is 56.6 Å². The van der Waals surface area contributed by atoms with Crippen molar-refractivity contribution in [1.29, 1.82) is 0 Å². The minimum atomic E-state index is -3.68. The molecule has 2 aromatic carbocycles. The highest BCUT2D eigenvalue weighted by atomic mass is 35.5. The van der Waals surface area contributed by atoms with Gasteiger partial charge in [-0.15, -0.1) is 0 Å². The quantitative estimate of drug-likeness (QED) is 0.725. The maximum absolute atomic E-state index is 12.8. The summed E-state index contributed by atoms with van der Waals surface area (Å²) >= 11 is 6.01. The van der Waals surface area contributed by atoms with Gasteiger partial charge in [-0.2, -0.15) is 0 Å². The molecular weight excluding hydrogens is 383 g/mol. The first-order valence-electron chi connectivity index (χ1n) is 7.60. The number of rotatable bonds is 7. The minimum absolute atomic E-state index is 0.0281. The number of sulfonamides is 1. The summed E-state index contributed by atoms with van der Waals surface area (Å²) in [6, 6.07) is 9.42. The van der Waals surface area contributed by atoms with Crippen LogP contribution in [-0.4, -0.2) is 45.9 Å². The SMILES string of the molecule is CN(C)S(=O)(=O)c1ccc(Cl)c(C(=O)NCCOc2ccc(F)cc2)c1. The fourth-order valence-corrected chi connectivity index (χ4v) is 3.14. The molecule has 0 radical (unpaired) electrons. The molecule has 140 valence electrons. The lowest BCUT2D eigenvalue weighted by Crippen LogP contribution is -2.29. The number of nitrogens with one attached hydrogen (secondary N) is 1. The van der Waals surface area contributed by atoms with Crippen molar-refractivity contribution in [3.8, 4) is 5.75 Å². The molecule has 0 spiro atoms. The molecule has 2 aromatic rings. The van der Waals surface area contributed by atoms with Gasteiger partial charge in [-0.05, 0) is 42.5 Å². The number of amides is 1. The first-order chi connectivity index (χ1) is 12.2. The van der Waals surface area contributed by atoms with Crippen molar-refractivity contribution in [1.82, 2.24) is 9.62 Å². The van der Waals surface area contributed by atoms with Gasteiger partial charge < -0.3 is 10.1 Å².